The predicted molar refractivity (Wildman–Crippen MR) is 152 cm³/mol. The minimum absolute atomic E-state index is 0.0955. The standard InChI is InChI=1S/C22H23N3O.C9H15NO2/c1-15(26)25-21-13-19(16-7-5-4-6-8-16)20(14-24-21)17-9-11-18(12-10-17)22(2,3)23;11-9-10(6-7-12-9)8-4-2-1-3-5-8/h4-14H,23H2,1-3H3,(H,24,25,26);8H,1-7H2. The first-order chi connectivity index (χ1) is 18.2. The number of hydrogen-bond donors (Lipinski definition) is 2. The molecule has 7 heteroatoms. The van der Waals surface area contributed by atoms with E-state index >= 15 is 0 Å². The van der Waals surface area contributed by atoms with Crippen LogP contribution in [0.4, 0.5) is 10.6 Å². The Labute approximate surface area is 225 Å². The van der Waals surface area contributed by atoms with Gasteiger partial charge in [-0.25, -0.2) is 9.78 Å². The molecule has 0 unspecified atom stereocenters. The lowest BCUT2D eigenvalue weighted by molar-refractivity contribution is -0.114. The number of cyclic esters (lactones) is 1. The number of ether oxygens (including phenoxy) is 1. The fourth-order valence-corrected chi connectivity index (χ4v) is 5.00. The van der Waals surface area contributed by atoms with E-state index in [4.69, 9.17) is 10.5 Å². The molecule has 1 aliphatic heterocycles. The summed E-state index contributed by atoms with van der Waals surface area (Å²) in [5.41, 5.74) is 11.0. The second-order valence-corrected chi connectivity index (χ2v) is 10.6. The number of rotatable bonds is 5. The minimum Gasteiger partial charge on any atom is -0.448 e. The van der Waals surface area contributed by atoms with Crippen molar-refractivity contribution in [3.8, 4) is 22.3 Å². The van der Waals surface area contributed by atoms with Gasteiger partial charge < -0.3 is 20.7 Å². The van der Waals surface area contributed by atoms with E-state index in [9.17, 15) is 9.59 Å². The van der Waals surface area contributed by atoms with Gasteiger partial charge >= 0.3 is 6.09 Å². The van der Waals surface area contributed by atoms with Crippen LogP contribution < -0.4 is 11.1 Å². The molecule has 1 saturated heterocycles. The van der Waals surface area contributed by atoms with E-state index < -0.39 is 0 Å². The van der Waals surface area contributed by atoms with Crippen LogP contribution in [0.25, 0.3) is 22.3 Å². The van der Waals surface area contributed by atoms with Crippen molar-refractivity contribution in [3.05, 3.63) is 72.4 Å². The number of nitrogens with zero attached hydrogens (tertiary/aromatic N) is 2. The lowest BCUT2D eigenvalue weighted by Gasteiger charge is -2.28. The van der Waals surface area contributed by atoms with E-state index in [1.165, 1.54) is 39.0 Å². The molecular formula is C31H38N4O3. The Morgan fingerprint density at radius 2 is 1.66 bits per heavy atom. The zero-order valence-electron chi connectivity index (χ0n) is 22.6. The van der Waals surface area contributed by atoms with Crippen molar-refractivity contribution < 1.29 is 14.3 Å². The SMILES string of the molecule is CC(=O)Nc1cc(-c2ccccc2)c(-c2ccc(C(C)(C)N)cc2)cn1.O=C1OCCN1C1CCCCC1. The third-order valence-electron chi connectivity index (χ3n) is 7.04. The summed E-state index contributed by atoms with van der Waals surface area (Å²) >= 11 is 0. The number of carbonyl (C=O) groups excluding carboxylic acids is 2. The van der Waals surface area contributed by atoms with Crippen molar-refractivity contribution in [3.63, 3.8) is 0 Å². The number of pyridine rings is 1. The van der Waals surface area contributed by atoms with E-state index in [0.29, 0.717) is 18.5 Å². The molecule has 1 saturated carbocycles. The molecule has 38 heavy (non-hydrogen) atoms. The normalized spacial score (nSPS) is 15.9. The summed E-state index contributed by atoms with van der Waals surface area (Å²) < 4.78 is 4.91. The molecule has 3 aromatic rings. The summed E-state index contributed by atoms with van der Waals surface area (Å²) in [5, 5.41) is 2.76. The number of benzene rings is 2. The van der Waals surface area contributed by atoms with Crippen LogP contribution in [0.15, 0.2) is 66.9 Å². The quantitative estimate of drug-likeness (QED) is 0.414. The molecule has 5 rings (SSSR count). The number of amides is 2. The highest BCUT2D eigenvalue weighted by molar-refractivity contribution is 5.90. The lowest BCUT2D eigenvalue weighted by atomic mass is 9.91. The van der Waals surface area contributed by atoms with Gasteiger partial charge in [-0.05, 0) is 55.0 Å². The molecule has 0 bridgehead atoms. The molecule has 2 fully saturated rings. The van der Waals surface area contributed by atoms with Crippen molar-refractivity contribution in [1.82, 2.24) is 9.88 Å². The summed E-state index contributed by atoms with van der Waals surface area (Å²) in [6.45, 7) is 6.85. The average molecular weight is 515 g/mol. The van der Waals surface area contributed by atoms with E-state index in [-0.39, 0.29) is 17.5 Å². The Hall–Kier alpha value is -3.71. The maximum absolute atomic E-state index is 11.4. The second kappa shape index (κ2) is 12.2. The van der Waals surface area contributed by atoms with Crippen LogP contribution in [0, 0.1) is 0 Å². The van der Waals surface area contributed by atoms with Crippen molar-refractivity contribution in [2.45, 2.75) is 64.5 Å². The van der Waals surface area contributed by atoms with Crippen LogP contribution in [0.1, 0.15) is 58.4 Å². The Kier molecular flexibility index (Phi) is 8.79. The average Bonchev–Trinajstić information content (AvgIpc) is 3.35. The number of nitrogens with two attached hydrogens (primary N) is 1. The highest BCUT2D eigenvalue weighted by Crippen LogP contribution is 2.34. The Bertz CT molecular complexity index is 1230. The van der Waals surface area contributed by atoms with Gasteiger partial charge in [-0.15, -0.1) is 0 Å². The molecule has 3 N–H and O–H groups in total. The number of aromatic nitrogens is 1. The highest BCUT2D eigenvalue weighted by Gasteiger charge is 2.30. The Morgan fingerprint density at radius 3 is 2.24 bits per heavy atom. The summed E-state index contributed by atoms with van der Waals surface area (Å²) in [6, 6.07) is 20.7. The number of carbonyl (C=O) groups is 2. The molecule has 1 aliphatic carbocycles. The van der Waals surface area contributed by atoms with E-state index in [1.807, 2.05) is 67.3 Å². The maximum atomic E-state index is 11.4. The third kappa shape index (κ3) is 6.98. The van der Waals surface area contributed by atoms with Gasteiger partial charge in [0.2, 0.25) is 5.91 Å². The fourth-order valence-electron chi connectivity index (χ4n) is 5.00. The van der Waals surface area contributed by atoms with Crippen LogP contribution >= 0.6 is 0 Å². The van der Waals surface area contributed by atoms with Gasteiger partial charge in [-0.1, -0.05) is 73.9 Å². The van der Waals surface area contributed by atoms with Crippen LogP contribution in [0.5, 0.6) is 0 Å². The zero-order valence-corrected chi connectivity index (χ0v) is 22.6. The third-order valence-corrected chi connectivity index (χ3v) is 7.04. The largest absolute Gasteiger partial charge is 0.448 e. The zero-order chi connectivity index (χ0) is 27.1. The van der Waals surface area contributed by atoms with E-state index in [1.54, 1.807) is 6.20 Å². The second-order valence-electron chi connectivity index (χ2n) is 10.6. The number of nitrogens with one attached hydrogen (secondary N) is 1. The van der Waals surface area contributed by atoms with Crippen LogP contribution in [-0.2, 0) is 15.1 Å². The topological polar surface area (TPSA) is 97.6 Å². The first-order valence-corrected chi connectivity index (χ1v) is 13.4. The number of anilines is 1. The predicted octanol–water partition coefficient (Wildman–Crippen LogP) is 6.34. The monoisotopic (exact) mass is 514 g/mol. The Balaban J connectivity index is 0.000000232. The molecule has 0 spiro atoms. The van der Waals surface area contributed by atoms with Crippen LogP contribution in [0.3, 0.4) is 0 Å². The molecule has 2 heterocycles. The van der Waals surface area contributed by atoms with Gasteiger partial charge in [0, 0.05) is 30.3 Å². The summed E-state index contributed by atoms with van der Waals surface area (Å²) in [4.78, 5) is 28.9. The van der Waals surface area contributed by atoms with Crippen LogP contribution in [0.2, 0.25) is 0 Å². The molecule has 2 aromatic carbocycles. The van der Waals surface area contributed by atoms with Gasteiger partial charge in [0.1, 0.15) is 12.4 Å². The first-order valence-electron chi connectivity index (χ1n) is 13.4. The fraction of sp³-hybridized carbons (Fsp3) is 0.387. The molecule has 1 aromatic heterocycles. The molecule has 2 aliphatic rings. The molecule has 0 atom stereocenters. The minimum atomic E-state index is -0.381. The first kappa shape index (κ1) is 27.3. The van der Waals surface area contributed by atoms with Gasteiger partial charge in [-0.3, -0.25) is 4.79 Å². The molecule has 200 valence electrons. The van der Waals surface area contributed by atoms with Crippen molar-refractivity contribution >= 4 is 17.8 Å². The van der Waals surface area contributed by atoms with Gasteiger partial charge in [0.15, 0.2) is 0 Å². The van der Waals surface area contributed by atoms with Crippen molar-refractivity contribution in [2.24, 2.45) is 5.73 Å². The summed E-state index contributed by atoms with van der Waals surface area (Å²) in [5.74, 6) is 0.401. The van der Waals surface area contributed by atoms with E-state index in [0.717, 1.165) is 34.4 Å². The molecular weight excluding hydrogens is 476 g/mol. The maximum Gasteiger partial charge on any atom is 0.410 e. The molecule has 7 nitrogen and oxygen atoms in total. The lowest BCUT2D eigenvalue weighted by Crippen LogP contribution is -2.37. The van der Waals surface area contributed by atoms with Gasteiger partial charge in [-0.2, -0.15) is 0 Å². The van der Waals surface area contributed by atoms with Crippen molar-refractivity contribution in [1.29, 1.82) is 0 Å². The number of hydrogen-bond acceptors (Lipinski definition) is 5. The summed E-state index contributed by atoms with van der Waals surface area (Å²) in [6.07, 6.45) is 7.93. The molecule has 2 amide bonds. The van der Waals surface area contributed by atoms with Gasteiger partial charge in [0.05, 0.1) is 6.54 Å². The summed E-state index contributed by atoms with van der Waals surface area (Å²) in [7, 11) is 0. The van der Waals surface area contributed by atoms with Crippen LogP contribution in [-0.4, -0.2) is 41.1 Å². The molecule has 0 radical (unpaired) electrons. The van der Waals surface area contributed by atoms with Crippen molar-refractivity contribution in [2.75, 3.05) is 18.5 Å². The smallest absolute Gasteiger partial charge is 0.410 e. The highest BCUT2D eigenvalue weighted by atomic mass is 16.6. The Morgan fingerprint density at radius 1 is 1.00 bits per heavy atom. The van der Waals surface area contributed by atoms with E-state index in [2.05, 4.69) is 22.4 Å². The van der Waals surface area contributed by atoms with Gasteiger partial charge in [0.25, 0.3) is 0 Å².